The van der Waals surface area contributed by atoms with Gasteiger partial charge in [0.25, 0.3) is 0 Å². The second-order valence-electron chi connectivity index (χ2n) is 3.74. The van der Waals surface area contributed by atoms with E-state index in [1.165, 1.54) is 0 Å². The van der Waals surface area contributed by atoms with Gasteiger partial charge < -0.3 is 10.4 Å². The summed E-state index contributed by atoms with van der Waals surface area (Å²) in [5.74, 6) is 0. The number of halogens is 2. The summed E-state index contributed by atoms with van der Waals surface area (Å²) in [7, 11) is 0. The van der Waals surface area contributed by atoms with Crippen molar-refractivity contribution in [3.8, 4) is 0 Å². The molecular weight excluding hydrogens is 233 g/mol. The molecule has 15 heavy (non-hydrogen) atoms. The number of aliphatic hydroxyl groups excluding tert-OH is 1. The van der Waals surface area contributed by atoms with Crippen molar-refractivity contribution in [1.29, 1.82) is 0 Å². The zero-order valence-corrected chi connectivity index (χ0v) is 10.3. The highest BCUT2D eigenvalue weighted by atomic mass is 35.5. The average molecular weight is 248 g/mol. The SMILES string of the molecule is CC(C)NCC(O)c1ccc(Cl)cc1Cl. The molecule has 0 spiro atoms. The van der Waals surface area contributed by atoms with Gasteiger partial charge in [-0.1, -0.05) is 43.1 Å². The Hall–Kier alpha value is -0.280. The number of aliphatic hydroxyl groups is 1. The van der Waals surface area contributed by atoms with Gasteiger partial charge in [0.05, 0.1) is 6.10 Å². The van der Waals surface area contributed by atoms with Gasteiger partial charge in [-0.25, -0.2) is 0 Å². The minimum absolute atomic E-state index is 0.339. The van der Waals surface area contributed by atoms with E-state index in [2.05, 4.69) is 5.32 Å². The monoisotopic (exact) mass is 247 g/mol. The largest absolute Gasteiger partial charge is 0.387 e. The summed E-state index contributed by atoms with van der Waals surface area (Å²) in [4.78, 5) is 0. The molecule has 2 nitrogen and oxygen atoms in total. The Kier molecular flexibility index (Phi) is 4.87. The molecule has 1 unspecified atom stereocenters. The van der Waals surface area contributed by atoms with Crippen LogP contribution in [0.15, 0.2) is 18.2 Å². The molecule has 0 aromatic heterocycles. The molecule has 0 bridgehead atoms. The summed E-state index contributed by atoms with van der Waals surface area (Å²) in [6.07, 6.45) is -0.600. The Bertz CT molecular complexity index is 328. The summed E-state index contributed by atoms with van der Waals surface area (Å²) < 4.78 is 0. The van der Waals surface area contributed by atoms with E-state index in [0.717, 1.165) is 0 Å². The van der Waals surface area contributed by atoms with Crippen molar-refractivity contribution in [3.63, 3.8) is 0 Å². The molecule has 0 saturated heterocycles. The molecule has 2 N–H and O–H groups in total. The first-order chi connectivity index (χ1) is 7.00. The summed E-state index contributed by atoms with van der Waals surface area (Å²) in [6, 6.07) is 5.45. The third kappa shape index (κ3) is 3.99. The Morgan fingerprint density at radius 3 is 2.53 bits per heavy atom. The van der Waals surface area contributed by atoms with Crippen molar-refractivity contribution in [1.82, 2.24) is 5.32 Å². The van der Waals surface area contributed by atoms with E-state index >= 15 is 0 Å². The minimum Gasteiger partial charge on any atom is -0.387 e. The molecule has 0 saturated carbocycles. The first-order valence-electron chi connectivity index (χ1n) is 4.87. The quantitative estimate of drug-likeness (QED) is 0.858. The van der Waals surface area contributed by atoms with Gasteiger partial charge in [0, 0.05) is 28.2 Å². The van der Waals surface area contributed by atoms with Crippen molar-refractivity contribution in [3.05, 3.63) is 33.8 Å². The second kappa shape index (κ2) is 5.71. The Morgan fingerprint density at radius 1 is 1.33 bits per heavy atom. The van der Waals surface area contributed by atoms with Gasteiger partial charge in [0.1, 0.15) is 0 Å². The van der Waals surface area contributed by atoms with E-state index in [0.29, 0.717) is 28.2 Å². The van der Waals surface area contributed by atoms with Crippen molar-refractivity contribution < 1.29 is 5.11 Å². The lowest BCUT2D eigenvalue weighted by atomic mass is 10.1. The molecule has 84 valence electrons. The van der Waals surface area contributed by atoms with Crippen LogP contribution in [0, 0.1) is 0 Å². The Morgan fingerprint density at radius 2 is 2.00 bits per heavy atom. The van der Waals surface area contributed by atoms with Crippen LogP contribution in [-0.4, -0.2) is 17.7 Å². The van der Waals surface area contributed by atoms with Crippen LogP contribution in [0.25, 0.3) is 0 Å². The molecule has 0 aliphatic carbocycles. The number of hydrogen-bond donors (Lipinski definition) is 2. The van der Waals surface area contributed by atoms with E-state index in [-0.39, 0.29) is 0 Å². The molecule has 1 aromatic rings. The minimum atomic E-state index is -0.600. The molecule has 1 aromatic carbocycles. The fourth-order valence-corrected chi connectivity index (χ4v) is 1.76. The van der Waals surface area contributed by atoms with Gasteiger partial charge in [-0.05, 0) is 12.1 Å². The second-order valence-corrected chi connectivity index (χ2v) is 4.59. The van der Waals surface area contributed by atoms with Crippen LogP contribution in [0.4, 0.5) is 0 Å². The van der Waals surface area contributed by atoms with Crippen LogP contribution in [0.2, 0.25) is 10.0 Å². The number of nitrogens with one attached hydrogen (secondary N) is 1. The lowest BCUT2D eigenvalue weighted by molar-refractivity contribution is 0.171. The fraction of sp³-hybridized carbons (Fsp3) is 0.455. The van der Waals surface area contributed by atoms with Gasteiger partial charge >= 0.3 is 0 Å². The van der Waals surface area contributed by atoms with Crippen LogP contribution in [0.3, 0.4) is 0 Å². The maximum absolute atomic E-state index is 9.85. The summed E-state index contributed by atoms with van der Waals surface area (Å²) in [5.41, 5.74) is 0.703. The maximum atomic E-state index is 9.85. The van der Waals surface area contributed by atoms with E-state index < -0.39 is 6.10 Å². The molecule has 0 heterocycles. The van der Waals surface area contributed by atoms with Crippen molar-refractivity contribution in [2.75, 3.05) is 6.54 Å². The molecule has 0 aliphatic rings. The normalized spacial score (nSPS) is 13.2. The molecular formula is C11H15Cl2NO. The summed E-state index contributed by atoms with van der Waals surface area (Å²) in [5, 5.41) is 14.1. The first-order valence-corrected chi connectivity index (χ1v) is 5.62. The zero-order valence-electron chi connectivity index (χ0n) is 8.80. The Labute approximate surface area is 100 Å². The van der Waals surface area contributed by atoms with E-state index in [1.54, 1.807) is 18.2 Å². The van der Waals surface area contributed by atoms with E-state index in [4.69, 9.17) is 23.2 Å². The molecule has 4 heteroatoms. The summed E-state index contributed by atoms with van der Waals surface area (Å²) >= 11 is 11.7. The smallest absolute Gasteiger partial charge is 0.0928 e. The standard InChI is InChI=1S/C11H15Cl2NO/c1-7(2)14-6-11(15)9-4-3-8(12)5-10(9)13/h3-5,7,11,14-15H,6H2,1-2H3. The molecule has 1 atom stereocenters. The van der Waals surface area contributed by atoms with Crippen LogP contribution in [-0.2, 0) is 0 Å². The van der Waals surface area contributed by atoms with Gasteiger partial charge in [-0.3, -0.25) is 0 Å². The van der Waals surface area contributed by atoms with Gasteiger partial charge in [-0.2, -0.15) is 0 Å². The number of benzene rings is 1. The molecule has 1 rings (SSSR count). The highest BCUT2D eigenvalue weighted by Gasteiger charge is 2.11. The molecule has 0 amide bonds. The van der Waals surface area contributed by atoms with Gasteiger partial charge in [-0.15, -0.1) is 0 Å². The molecule has 0 fully saturated rings. The maximum Gasteiger partial charge on any atom is 0.0928 e. The van der Waals surface area contributed by atoms with Crippen LogP contribution in [0.1, 0.15) is 25.5 Å². The lowest BCUT2D eigenvalue weighted by Crippen LogP contribution is -2.28. The Balaban J connectivity index is 2.69. The van der Waals surface area contributed by atoms with E-state index in [1.807, 2.05) is 13.8 Å². The van der Waals surface area contributed by atoms with Crippen LogP contribution in [0.5, 0.6) is 0 Å². The highest BCUT2D eigenvalue weighted by molar-refractivity contribution is 6.35. The molecule has 0 aliphatic heterocycles. The third-order valence-electron chi connectivity index (χ3n) is 2.04. The van der Waals surface area contributed by atoms with Crippen molar-refractivity contribution in [2.24, 2.45) is 0 Å². The topological polar surface area (TPSA) is 32.3 Å². The lowest BCUT2D eigenvalue weighted by Gasteiger charge is -2.15. The molecule has 0 radical (unpaired) electrons. The zero-order chi connectivity index (χ0) is 11.4. The van der Waals surface area contributed by atoms with Crippen LogP contribution >= 0.6 is 23.2 Å². The number of rotatable bonds is 4. The predicted octanol–water partition coefficient (Wildman–Crippen LogP) is 3.02. The fourth-order valence-electron chi connectivity index (χ4n) is 1.23. The van der Waals surface area contributed by atoms with Gasteiger partial charge in [0.15, 0.2) is 0 Å². The first kappa shape index (κ1) is 12.8. The van der Waals surface area contributed by atoms with Crippen LogP contribution < -0.4 is 5.32 Å². The third-order valence-corrected chi connectivity index (χ3v) is 2.60. The predicted molar refractivity (Wildman–Crippen MR) is 64.6 cm³/mol. The van der Waals surface area contributed by atoms with Gasteiger partial charge in [0.2, 0.25) is 0 Å². The van der Waals surface area contributed by atoms with Crippen molar-refractivity contribution >= 4 is 23.2 Å². The summed E-state index contributed by atoms with van der Waals surface area (Å²) in [6.45, 7) is 4.53. The highest BCUT2D eigenvalue weighted by Crippen LogP contribution is 2.25. The van der Waals surface area contributed by atoms with Crippen molar-refractivity contribution in [2.45, 2.75) is 26.0 Å². The van der Waals surface area contributed by atoms with E-state index in [9.17, 15) is 5.11 Å². The number of hydrogen-bond acceptors (Lipinski definition) is 2. The average Bonchev–Trinajstić information content (AvgIpc) is 2.14.